The van der Waals surface area contributed by atoms with Gasteiger partial charge in [0.25, 0.3) is 0 Å². The quantitative estimate of drug-likeness (QED) is 0.0757. The van der Waals surface area contributed by atoms with Gasteiger partial charge in [0, 0.05) is 18.0 Å². The summed E-state index contributed by atoms with van der Waals surface area (Å²) in [7, 11) is 0. The number of carbonyl (C=O) groups is 1. The van der Waals surface area contributed by atoms with Gasteiger partial charge >= 0.3 is 5.97 Å². The van der Waals surface area contributed by atoms with E-state index in [9.17, 15) is 4.79 Å². The van der Waals surface area contributed by atoms with Gasteiger partial charge in [-0.2, -0.15) is 0 Å². The van der Waals surface area contributed by atoms with Crippen molar-refractivity contribution in [2.45, 2.75) is 110 Å². The zero-order valence-corrected chi connectivity index (χ0v) is 25.8. The molecule has 2 aromatic carbocycles. The van der Waals surface area contributed by atoms with Crippen molar-refractivity contribution in [1.82, 2.24) is 9.97 Å². The number of halogens is 1. The number of ether oxygens (including phenoxy) is 2. The van der Waals surface area contributed by atoms with Crippen LogP contribution < -0.4 is 9.47 Å². The fourth-order valence-corrected chi connectivity index (χ4v) is 4.98. The van der Waals surface area contributed by atoms with Gasteiger partial charge in [0.05, 0.1) is 17.2 Å². The number of aromatic nitrogens is 2. The lowest BCUT2D eigenvalue weighted by Gasteiger charge is -2.10. The lowest BCUT2D eigenvalue weighted by molar-refractivity contribution is 0.0734. The number of nitrogens with zero attached hydrogens (tertiary/aromatic N) is 2. The minimum atomic E-state index is -0.469. The lowest BCUT2D eigenvalue weighted by Crippen LogP contribution is -2.08. The number of benzene rings is 2. The van der Waals surface area contributed by atoms with Crippen molar-refractivity contribution in [2.24, 2.45) is 0 Å². The maximum absolute atomic E-state index is 12.7. The summed E-state index contributed by atoms with van der Waals surface area (Å²) in [5.41, 5.74) is 2.42. The van der Waals surface area contributed by atoms with Crippen LogP contribution in [0.5, 0.6) is 11.5 Å². The summed E-state index contributed by atoms with van der Waals surface area (Å²) in [4.78, 5) is 21.8. The Morgan fingerprint density at radius 2 is 1.32 bits per heavy atom. The summed E-state index contributed by atoms with van der Waals surface area (Å²) in [6.45, 7) is 5.09. The minimum absolute atomic E-state index is 0.376. The molecule has 5 nitrogen and oxygen atoms in total. The van der Waals surface area contributed by atoms with E-state index in [1.54, 1.807) is 30.3 Å². The molecule has 222 valence electrons. The third kappa shape index (κ3) is 12.2. The highest BCUT2D eigenvalue weighted by Crippen LogP contribution is 2.27. The van der Waals surface area contributed by atoms with Crippen LogP contribution >= 0.6 is 11.6 Å². The molecule has 1 aromatic heterocycles. The number of hydrogen-bond donors (Lipinski definition) is 0. The molecule has 0 bridgehead atoms. The monoisotopic (exact) mass is 578 g/mol. The van der Waals surface area contributed by atoms with Gasteiger partial charge in [-0.05, 0) is 67.3 Å². The van der Waals surface area contributed by atoms with E-state index in [4.69, 9.17) is 21.1 Å². The van der Waals surface area contributed by atoms with Crippen molar-refractivity contribution >= 4 is 17.6 Å². The Bertz CT molecular complexity index is 1150. The van der Waals surface area contributed by atoms with E-state index < -0.39 is 5.97 Å². The van der Waals surface area contributed by atoms with Crippen LogP contribution in [0, 0.1) is 0 Å². The Hall–Kier alpha value is -2.92. The van der Waals surface area contributed by atoms with Gasteiger partial charge in [0.1, 0.15) is 11.5 Å². The van der Waals surface area contributed by atoms with Gasteiger partial charge in [-0.15, -0.1) is 0 Å². The van der Waals surface area contributed by atoms with Crippen molar-refractivity contribution < 1.29 is 14.3 Å². The Labute approximate surface area is 252 Å². The first-order valence-electron chi connectivity index (χ1n) is 15.7. The molecule has 0 aliphatic rings. The fourth-order valence-electron chi connectivity index (χ4n) is 4.74. The van der Waals surface area contributed by atoms with Crippen molar-refractivity contribution in [3.05, 3.63) is 71.0 Å². The summed E-state index contributed by atoms with van der Waals surface area (Å²) in [6, 6.07) is 12.2. The van der Waals surface area contributed by atoms with Crippen LogP contribution in [0.15, 0.2) is 54.9 Å². The van der Waals surface area contributed by atoms with Crippen LogP contribution in [0.4, 0.5) is 0 Å². The molecule has 0 unspecified atom stereocenters. The second-order valence-electron chi connectivity index (χ2n) is 10.8. The molecule has 41 heavy (non-hydrogen) atoms. The van der Waals surface area contributed by atoms with Crippen LogP contribution in [0.3, 0.4) is 0 Å². The molecule has 0 spiro atoms. The summed E-state index contributed by atoms with van der Waals surface area (Å²) in [5, 5.41) is 0.406. The van der Waals surface area contributed by atoms with Crippen LogP contribution in [-0.4, -0.2) is 22.5 Å². The van der Waals surface area contributed by atoms with Crippen LogP contribution in [0.25, 0.3) is 11.4 Å². The lowest BCUT2D eigenvalue weighted by atomic mass is 10.1. The first-order chi connectivity index (χ1) is 20.1. The highest BCUT2D eigenvalue weighted by atomic mass is 35.5. The van der Waals surface area contributed by atoms with Gasteiger partial charge in [-0.1, -0.05) is 102 Å². The second-order valence-corrected chi connectivity index (χ2v) is 11.2. The number of aryl methyl sites for hydroxylation is 1. The van der Waals surface area contributed by atoms with Gasteiger partial charge in [-0.3, -0.25) is 0 Å². The normalized spacial score (nSPS) is 11.0. The predicted molar refractivity (Wildman–Crippen MR) is 169 cm³/mol. The highest BCUT2D eigenvalue weighted by molar-refractivity contribution is 6.32. The maximum atomic E-state index is 12.7. The molecule has 0 fully saturated rings. The van der Waals surface area contributed by atoms with Crippen LogP contribution in [0.2, 0.25) is 5.02 Å². The fraction of sp³-hybridized carbons (Fsp3) is 0.514. The van der Waals surface area contributed by atoms with E-state index in [1.165, 1.54) is 82.6 Å². The van der Waals surface area contributed by atoms with Crippen LogP contribution in [0.1, 0.15) is 120 Å². The van der Waals surface area contributed by atoms with Gasteiger partial charge in [-0.25, -0.2) is 14.8 Å². The Kier molecular flexibility index (Phi) is 15.3. The van der Waals surface area contributed by atoms with Crippen molar-refractivity contribution in [3.8, 4) is 22.9 Å². The molecule has 0 saturated carbocycles. The number of esters is 1. The van der Waals surface area contributed by atoms with E-state index in [1.807, 2.05) is 24.5 Å². The smallest absolute Gasteiger partial charge is 0.343 e. The highest BCUT2D eigenvalue weighted by Gasteiger charge is 2.13. The molecule has 0 saturated heterocycles. The molecule has 1 heterocycles. The van der Waals surface area contributed by atoms with Gasteiger partial charge in [0.15, 0.2) is 5.82 Å². The molecule has 3 aromatic rings. The SMILES string of the molecule is CCCCCCCCCCc1cnc(-c2ccc(OC(=O)c3ccc(OCCCCCCCC)c(Cl)c3)cc2)nc1. The summed E-state index contributed by atoms with van der Waals surface area (Å²) >= 11 is 6.37. The summed E-state index contributed by atoms with van der Waals surface area (Å²) in [6.07, 6.45) is 22.5. The Balaban J connectivity index is 1.41. The molecule has 0 aliphatic carbocycles. The number of carbonyl (C=O) groups excluding carboxylic acids is 1. The zero-order valence-electron chi connectivity index (χ0n) is 25.0. The van der Waals surface area contributed by atoms with Crippen molar-refractivity contribution in [3.63, 3.8) is 0 Å². The summed E-state index contributed by atoms with van der Waals surface area (Å²) in [5.74, 6) is 1.23. The number of rotatable bonds is 20. The summed E-state index contributed by atoms with van der Waals surface area (Å²) < 4.78 is 11.4. The van der Waals surface area contributed by atoms with Crippen molar-refractivity contribution in [2.75, 3.05) is 6.61 Å². The Morgan fingerprint density at radius 3 is 1.93 bits per heavy atom. The molecule has 6 heteroatoms. The molecular formula is C35H47ClN2O3. The molecule has 0 radical (unpaired) electrons. The average molecular weight is 579 g/mol. The topological polar surface area (TPSA) is 61.3 Å². The first-order valence-corrected chi connectivity index (χ1v) is 16.0. The first kappa shape index (κ1) is 32.6. The van der Waals surface area contributed by atoms with E-state index in [0.717, 1.165) is 24.8 Å². The number of unbranched alkanes of at least 4 members (excludes halogenated alkanes) is 12. The molecule has 0 N–H and O–H groups in total. The van der Waals surface area contributed by atoms with Gasteiger partial charge < -0.3 is 9.47 Å². The average Bonchev–Trinajstić information content (AvgIpc) is 2.99. The molecule has 0 amide bonds. The number of hydrogen-bond acceptors (Lipinski definition) is 5. The van der Waals surface area contributed by atoms with E-state index >= 15 is 0 Å². The van der Waals surface area contributed by atoms with Crippen LogP contribution in [-0.2, 0) is 6.42 Å². The van der Waals surface area contributed by atoms with E-state index in [0.29, 0.717) is 34.5 Å². The zero-order chi connectivity index (χ0) is 29.1. The molecular weight excluding hydrogens is 532 g/mol. The van der Waals surface area contributed by atoms with Gasteiger partial charge in [0.2, 0.25) is 0 Å². The predicted octanol–water partition coefficient (Wildman–Crippen LogP) is 10.4. The Morgan fingerprint density at radius 1 is 0.732 bits per heavy atom. The third-order valence-corrected chi connectivity index (χ3v) is 7.57. The second kappa shape index (κ2) is 19.2. The largest absolute Gasteiger partial charge is 0.492 e. The molecule has 3 rings (SSSR count). The maximum Gasteiger partial charge on any atom is 0.343 e. The standard InChI is InChI=1S/C35H47ClN2O3/c1-3-5-7-9-11-12-13-15-17-28-26-37-34(38-27-28)29-18-21-31(22-19-29)41-35(39)30-20-23-33(32(36)25-30)40-24-16-14-10-8-6-4-2/h18-23,25-27H,3-17,24H2,1-2H3. The van der Waals surface area contributed by atoms with E-state index in [2.05, 4.69) is 23.8 Å². The van der Waals surface area contributed by atoms with Crippen molar-refractivity contribution in [1.29, 1.82) is 0 Å². The minimum Gasteiger partial charge on any atom is -0.492 e. The molecule has 0 atom stereocenters. The third-order valence-electron chi connectivity index (χ3n) is 7.27. The molecule has 0 aliphatic heterocycles. The van der Waals surface area contributed by atoms with E-state index in [-0.39, 0.29) is 0 Å².